The van der Waals surface area contributed by atoms with Gasteiger partial charge < -0.3 is 21.4 Å². The van der Waals surface area contributed by atoms with Crippen LogP contribution in [0.2, 0.25) is 0 Å². The largest absolute Gasteiger partial charge is 0.383 e. The van der Waals surface area contributed by atoms with E-state index in [0.717, 1.165) is 39.8 Å². The van der Waals surface area contributed by atoms with E-state index < -0.39 is 0 Å². The molecular weight excluding hydrogens is 448 g/mol. The van der Waals surface area contributed by atoms with Crippen LogP contribution in [0.1, 0.15) is 48.2 Å². The minimum atomic E-state index is 0.191. The van der Waals surface area contributed by atoms with Crippen molar-refractivity contribution in [1.29, 1.82) is 5.41 Å². The lowest BCUT2D eigenvalue weighted by atomic mass is 9.91. The lowest BCUT2D eigenvalue weighted by molar-refractivity contribution is 0.317. The summed E-state index contributed by atoms with van der Waals surface area (Å²) in [6.45, 7) is 4.62. The number of aromatic nitrogens is 4. The number of nitrogens with two attached hydrogens (primary N) is 1. The van der Waals surface area contributed by atoms with Gasteiger partial charge in [-0.1, -0.05) is 24.8 Å². The molecule has 0 atom stereocenters. The summed E-state index contributed by atoms with van der Waals surface area (Å²) in [7, 11) is 2.05. The molecule has 0 radical (unpaired) electrons. The van der Waals surface area contributed by atoms with Gasteiger partial charge >= 0.3 is 0 Å². The quantitative estimate of drug-likeness (QED) is 0.239. The summed E-state index contributed by atoms with van der Waals surface area (Å²) in [5, 5.41) is 15.9. The Labute approximate surface area is 211 Å². The lowest BCUT2D eigenvalue weighted by Crippen LogP contribution is -2.38. The predicted molar refractivity (Wildman–Crippen MR) is 146 cm³/mol. The molecule has 0 bridgehead atoms. The molecule has 36 heavy (non-hydrogen) atoms. The second-order valence-electron chi connectivity index (χ2n) is 9.36. The molecule has 5 rings (SSSR count). The van der Waals surface area contributed by atoms with Crippen LogP contribution in [-0.4, -0.2) is 44.8 Å². The number of nitrogen functional groups attached to an aromatic ring is 1. The molecule has 1 aliphatic rings. The van der Waals surface area contributed by atoms with Crippen LogP contribution in [0.25, 0.3) is 28.2 Å². The molecule has 0 saturated heterocycles. The fourth-order valence-corrected chi connectivity index (χ4v) is 4.89. The van der Waals surface area contributed by atoms with Gasteiger partial charge in [-0.3, -0.25) is 10.4 Å². The van der Waals surface area contributed by atoms with Gasteiger partial charge in [-0.05, 0) is 56.5 Å². The van der Waals surface area contributed by atoms with Crippen molar-refractivity contribution in [2.24, 2.45) is 0 Å². The number of fused-ring (bicyclic) bond motifs is 1. The van der Waals surface area contributed by atoms with Crippen LogP contribution in [0, 0.1) is 5.41 Å². The third kappa shape index (κ3) is 4.91. The van der Waals surface area contributed by atoms with Gasteiger partial charge in [0.25, 0.3) is 0 Å². The van der Waals surface area contributed by atoms with Crippen LogP contribution < -0.4 is 16.4 Å². The summed E-state index contributed by atoms with van der Waals surface area (Å²) in [4.78, 5) is 16.7. The highest BCUT2D eigenvalue weighted by atomic mass is 14.9. The van der Waals surface area contributed by atoms with E-state index in [-0.39, 0.29) is 11.5 Å². The number of nitrogens with zero attached hydrogens (tertiary/aromatic N) is 3. The average Bonchev–Trinajstić information content (AvgIpc) is 3.37. The number of pyridine rings is 2. The van der Waals surface area contributed by atoms with E-state index in [1.807, 2.05) is 43.7 Å². The summed E-state index contributed by atoms with van der Waals surface area (Å²) in [5.74, 6) is 0.727. The normalized spacial score (nSPS) is 17.8. The Morgan fingerprint density at radius 2 is 1.92 bits per heavy atom. The Hall–Kier alpha value is -3.88. The summed E-state index contributed by atoms with van der Waals surface area (Å²) in [5.41, 5.74) is 12.4. The Morgan fingerprint density at radius 1 is 1.14 bits per heavy atom. The van der Waals surface area contributed by atoms with Crippen molar-refractivity contribution >= 4 is 28.6 Å². The van der Waals surface area contributed by atoms with Gasteiger partial charge in [0, 0.05) is 59.5 Å². The Kier molecular flexibility index (Phi) is 6.88. The van der Waals surface area contributed by atoms with Crippen LogP contribution >= 0.6 is 0 Å². The number of rotatable bonds is 8. The molecule has 8 heteroatoms. The maximum Gasteiger partial charge on any atom is 0.157 e. The highest BCUT2D eigenvalue weighted by molar-refractivity contribution is 6.13. The van der Waals surface area contributed by atoms with Gasteiger partial charge in [-0.2, -0.15) is 0 Å². The molecule has 3 heterocycles. The minimum Gasteiger partial charge on any atom is -0.383 e. The molecule has 1 fully saturated rings. The number of imidazole rings is 1. The molecule has 0 amide bonds. The van der Waals surface area contributed by atoms with Crippen molar-refractivity contribution in [3.63, 3.8) is 0 Å². The monoisotopic (exact) mass is 480 g/mol. The molecule has 0 unspecified atom stereocenters. The van der Waals surface area contributed by atoms with E-state index in [1.54, 1.807) is 12.3 Å². The summed E-state index contributed by atoms with van der Waals surface area (Å²) in [6.07, 6.45) is 12.0. The van der Waals surface area contributed by atoms with Gasteiger partial charge in [0.1, 0.15) is 11.5 Å². The number of nitrogens with one attached hydrogen (secondary N) is 4. The fourth-order valence-electron chi connectivity index (χ4n) is 4.89. The molecule has 1 aliphatic carbocycles. The zero-order valence-electron chi connectivity index (χ0n) is 20.5. The average molecular weight is 481 g/mol. The first-order valence-corrected chi connectivity index (χ1v) is 12.4. The first-order chi connectivity index (χ1) is 17.6. The molecule has 3 aromatic heterocycles. The smallest absolute Gasteiger partial charge is 0.157 e. The lowest BCUT2D eigenvalue weighted by Gasteiger charge is -2.29. The van der Waals surface area contributed by atoms with E-state index >= 15 is 0 Å². The number of hydrogen-bond donors (Lipinski definition) is 5. The van der Waals surface area contributed by atoms with Crippen LogP contribution in [0.4, 0.5) is 5.82 Å². The minimum absolute atomic E-state index is 0.191. The molecular formula is C28H32N8. The summed E-state index contributed by atoms with van der Waals surface area (Å²) in [6, 6.07) is 11.0. The van der Waals surface area contributed by atoms with Crippen molar-refractivity contribution in [3.8, 4) is 11.1 Å². The van der Waals surface area contributed by atoms with Crippen molar-refractivity contribution in [2.75, 3.05) is 12.8 Å². The van der Waals surface area contributed by atoms with E-state index in [2.05, 4.69) is 43.2 Å². The van der Waals surface area contributed by atoms with Gasteiger partial charge in [0.05, 0.1) is 11.0 Å². The molecule has 8 nitrogen and oxygen atoms in total. The van der Waals surface area contributed by atoms with E-state index in [0.29, 0.717) is 23.5 Å². The zero-order chi connectivity index (χ0) is 25.1. The first-order valence-electron chi connectivity index (χ1n) is 12.4. The molecule has 4 aromatic rings. The van der Waals surface area contributed by atoms with Gasteiger partial charge in [0.15, 0.2) is 5.82 Å². The van der Waals surface area contributed by atoms with Crippen LogP contribution in [0.3, 0.4) is 0 Å². The Morgan fingerprint density at radius 3 is 2.69 bits per heavy atom. The maximum absolute atomic E-state index is 8.81. The van der Waals surface area contributed by atoms with Crippen LogP contribution in [0.5, 0.6) is 0 Å². The molecule has 184 valence electrons. The Balaban J connectivity index is 1.35. The van der Waals surface area contributed by atoms with Crippen molar-refractivity contribution < 1.29 is 0 Å². The summed E-state index contributed by atoms with van der Waals surface area (Å²) >= 11 is 0. The Bertz CT molecular complexity index is 1400. The van der Waals surface area contributed by atoms with Gasteiger partial charge in [0.2, 0.25) is 0 Å². The fraction of sp³-hybridized carbons (Fsp3) is 0.286. The van der Waals surface area contributed by atoms with E-state index in [9.17, 15) is 0 Å². The zero-order valence-corrected chi connectivity index (χ0v) is 20.5. The number of benzene rings is 1. The first kappa shape index (κ1) is 23.8. The molecule has 1 saturated carbocycles. The van der Waals surface area contributed by atoms with Crippen molar-refractivity contribution in [3.05, 3.63) is 78.0 Å². The highest BCUT2D eigenvalue weighted by Crippen LogP contribution is 2.25. The van der Waals surface area contributed by atoms with Gasteiger partial charge in [-0.15, -0.1) is 0 Å². The number of anilines is 1. The molecule has 1 aromatic carbocycles. The van der Waals surface area contributed by atoms with Gasteiger partial charge in [-0.25, -0.2) is 9.97 Å². The third-order valence-corrected chi connectivity index (χ3v) is 7.05. The maximum atomic E-state index is 8.81. The molecule has 6 N–H and O–H groups in total. The van der Waals surface area contributed by atoms with Crippen molar-refractivity contribution in [2.45, 2.75) is 44.3 Å². The van der Waals surface area contributed by atoms with Crippen LogP contribution in [0.15, 0.2) is 55.5 Å². The standard InChI is InChI=1S/C28H32N8/c1-3-18-5-4-6-24-26(18)36-28(35-24)25(29)23-12-20(16-34-27(23)30)19-11-17(13-32-15-19)14-33-22-9-7-21(31-2)8-10-22/h3-6,11-13,15-16,21-22,29,31,33H,1,7-10,14H2,2H3,(H2,30,34)(H,35,36). The second-order valence-corrected chi connectivity index (χ2v) is 9.36. The third-order valence-electron chi connectivity index (χ3n) is 7.05. The number of H-pyrrole nitrogens is 1. The van der Waals surface area contributed by atoms with Crippen LogP contribution in [-0.2, 0) is 6.54 Å². The second kappa shape index (κ2) is 10.4. The van der Waals surface area contributed by atoms with E-state index in [4.69, 9.17) is 11.1 Å². The number of para-hydroxylation sites is 1. The number of hydrogen-bond acceptors (Lipinski definition) is 7. The predicted octanol–water partition coefficient (Wildman–Crippen LogP) is 4.28. The van der Waals surface area contributed by atoms with E-state index in [1.165, 1.54) is 25.7 Å². The number of aromatic amines is 1. The summed E-state index contributed by atoms with van der Waals surface area (Å²) < 4.78 is 0. The SMILES string of the molecule is C=Cc1cccc2[nH]c(C(=N)c3cc(-c4cncc(CNC5CCC(NC)CC5)c4)cnc3N)nc12. The van der Waals surface area contributed by atoms with Crippen molar-refractivity contribution in [1.82, 2.24) is 30.6 Å². The highest BCUT2D eigenvalue weighted by Gasteiger charge is 2.20. The molecule has 0 spiro atoms. The molecule has 0 aliphatic heterocycles. The topological polar surface area (TPSA) is 128 Å².